The van der Waals surface area contributed by atoms with Crippen LogP contribution in [0.4, 0.5) is 13.2 Å². The minimum Gasteiger partial charge on any atom is -0.491 e. The summed E-state index contributed by atoms with van der Waals surface area (Å²) in [5.74, 6) is -2.47. The van der Waals surface area contributed by atoms with Crippen LogP contribution in [0.1, 0.15) is 37.9 Å². The normalized spacial score (nSPS) is 19.9. The molecule has 0 aromatic heterocycles. The van der Waals surface area contributed by atoms with Gasteiger partial charge in [0.15, 0.2) is 23.2 Å². The highest BCUT2D eigenvalue weighted by atomic mass is 19.2. The van der Waals surface area contributed by atoms with Gasteiger partial charge in [-0.2, -0.15) is 0 Å². The summed E-state index contributed by atoms with van der Waals surface area (Å²) in [7, 11) is 1.60. The van der Waals surface area contributed by atoms with Gasteiger partial charge < -0.3 is 14.2 Å². The van der Waals surface area contributed by atoms with Crippen LogP contribution in [0.15, 0.2) is 30.3 Å². The maximum absolute atomic E-state index is 14.7. The second kappa shape index (κ2) is 8.76. The quantitative estimate of drug-likeness (QED) is 0.669. The van der Waals surface area contributed by atoms with Crippen LogP contribution in [0.25, 0.3) is 11.1 Å². The molecular formula is C21H23F3O3. The van der Waals surface area contributed by atoms with Crippen molar-refractivity contribution in [1.29, 1.82) is 0 Å². The Hall–Kier alpha value is -2.05. The summed E-state index contributed by atoms with van der Waals surface area (Å²) in [6, 6.07) is 7.07. The predicted octanol–water partition coefficient (Wildman–Crippen LogP) is 5.43. The molecule has 1 aliphatic rings. The van der Waals surface area contributed by atoms with Gasteiger partial charge in [0.1, 0.15) is 0 Å². The second-order valence-electron chi connectivity index (χ2n) is 6.58. The van der Waals surface area contributed by atoms with Gasteiger partial charge in [-0.05, 0) is 37.0 Å². The van der Waals surface area contributed by atoms with E-state index in [0.717, 1.165) is 12.5 Å². The van der Waals surface area contributed by atoms with Crippen LogP contribution in [0.5, 0.6) is 5.75 Å². The number of hydrogen-bond donors (Lipinski definition) is 0. The first-order chi connectivity index (χ1) is 13.0. The van der Waals surface area contributed by atoms with E-state index in [1.165, 1.54) is 24.3 Å². The van der Waals surface area contributed by atoms with Crippen LogP contribution in [0.2, 0.25) is 0 Å². The lowest BCUT2D eigenvalue weighted by atomic mass is 9.96. The maximum atomic E-state index is 14.7. The SMILES string of the molecule is CCCOc1ccc(-c2ccc(C3CCC(OC)CO3)c(F)c2F)cc1F. The molecule has 1 aliphatic heterocycles. The Morgan fingerprint density at radius 1 is 1.07 bits per heavy atom. The van der Waals surface area contributed by atoms with Crippen molar-refractivity contribution in [2.45, 2.75) is 38.4 Å². The van der Waals surface area contributed by atoms with Gasteiger partial charge in [0.05, 0.1) is 25.4 Å². The molecule has 0 aliphatic carbocycles. The van der Waals surface area contributed by atoms with Crippen LogP contribution >= 0.6 is 0 Å². The van der Waals surface area contributed by atoms with Crippen LogP contribution in [-0.2, 0) is 9.47 Å². The van der Waals surface area contributed by atoms with Crippen molar-refractivity contribution in [2.75, 3.05) is 20.3 Å². The Labute approximate surface area is 157 Å². The zero-order valence-corrected chi connectivity index (χ0v) is 15.4. The van der Waals surface area contributed by atoms with E-state index >= 15 is 0 Å². The van der Waals surface area contributed by atoms with E-state index in [9.17, 15) is 13.2 Å². The van der Waals surface area contributed by atoms with Crippen molar-refractivity contribution < 1.29 is 27.4 Å². The molecule has 0 spiro atoms. The van der Waals surface area contributed by atoms with Crippen molar-refractivity contribution in [1.82, 2.24) is 0 Å². The molecule has 0 amide bonds. The van der Waals surface area contributed by atoms with E-state index in [2.05, 4.69) is 0 Å². The highest BCUT2D eigenvalue weighted by Crippen LogP contribution is 2.35. The molecule has 1 saturated heterocycles. The topological polar surface area (TPSA) is 27.7 Å². The summed E-state index contributed by atoms with van der Waals surface area (Å²) < 4.78 is 59.6. The van der Waals surface area contributed by atoms with E-state index in [-0.39, 0.29) is 28.5 Å². The first-order valence-corrected chi connectivity index (χ1v) is 9.10. The first-order valence-electron chi connectivity index (χ1n) is 9.10. The fourth-order valence-corrected chi connectivity index (χ4v) is 3.19. The fraction of sp³-hybridized carbons (Fsp3) is 0.429. The maximum Gasteiger partial charge on any atom is 0.167 e. The summed E-state index contributed by atoms with van der Waals surface area (Å²) in [6.07, 6.45) is 1.48. The van der Waals surface area contributed by atoms with Crippen molar-refractivity contribution in [3.8, 4) is 16.9 Å². The molecule has 0 radical (unpaired) electrons. The van der Waals surface area contributed by atoms with Gasteiger partial charge in [0.2, 0.25) is 0 Å². The molecule has 146 valence electrons. The average molecular weight is 380 g/mol. The average Bonchev–Trinajstić information content (AvgIpc) is 2.69. The number of hydrogen-bond acceptors (Lipinski definition) is 3. The summed E-state index contributed by atoms with van der Waals surface area (Å²) >= 11 is 0. The predicted molar refractivity (Wildman–Crippen MR) is 96.3 cm³/mol. The number of ether oxygens (including phenoxy) is 3. The highest BCUT2D eigenvalue weighted by molar-refractivity contribution is 5.66. The number of halogens is 3. The molecule has 0 N–H and O–H groups in total. The van der Waals surface area contributed by atoms with Crippen LogP contribution in [0.3, 0.4) is 0 Å². The summed E-state index contributed by atoms with van der Waals surface area (Å²) in [5, 5.41) is 0. The van der Waals surface area contributed by atoms with E-state index in [0.29, 0.717) is 26.1 Å². The molecule has 0 saturated carbocycles. The molecule has 2 aromatic rings. The van der Waals surface area contributed by atoms with Crippen LogP contribution in [-0.4, -0.2) is 26.4 Å². The summed E-state index contributed by atoms with van der Waals surface area (Å²) in [6.45, 7) is 2.64. The van der Waals surface area contributed by atoms with Gasteiger partial charge in [0.25, 0.3) is 0 Å². The molecule has 3 nitrogen and oxygen atoms in total. The Morgan fingerprint density at radius 2 is 1.89 bits per heavy atom. The van der Waals surface area contributed by atoms with E-state index in [4.69, 9.17) is 14.2 Å². The Bertz CT molecular complexity index is 786. The molecule has 27 heavy (non-hydrogen) atoms. The van der Waals surface area contributed by atoms with Crippen LogP contribution < -0.4 is 4.74 Å². The van der Waals surface area contributed by atoms with E-state index < -0.39 is 23.6 Å². The third kappa shape index (κ3) is 4.28. The smallest absolute Gasteiger partial charge is 0.167 e. The molecule has 3 rings (SSSR count). The fourth-order valence-electron chi connectivity index (χ4n) is 3.19. The summed E-state index contributed by atoms with van der Waals surface area (Å²) in [5.41, 5.74) is 0.431. The number of methoxy groups -OCH3 is 1. The molecule has 1 heterocycles. The molecule has 1 fully saturated rings. The van der Waals surface area contributed by atoms with Gasteiger partial charge in [-0.25, -0.2) is 13.2 Å². The Balaban J connectivity index is 1.84. The van der Waals surface area contributed by atoms with Gasteiger partial charge >= 0.3 is 0 Å². The van der Waals surface area contributed by atoms with Crippen molar-refractivity contribution in [3.63, 3.8) is 0 Å². The Morgan fingerprint density at radius 3 is 2.52 bits per heavy atom. The molecule has 2 atom stereocenters. The van der Waals surface area contributed by atoms with Crippen LogP contribution in [0, 0.1) is 17.5 Å². The molecular weight excluding hydrogens is 357 g/mol. The largest absolute Gasteiger partial charge is 0.491 e. The molecule has 2 unspecified atom stereocenters. The lowest BCUT2D eigenvalue weighted by Gasteiger charge is -2.28. The Kier molecular flexibility index (Phi) is 6.39. The minimum atomic E-state index is -1.01. The third-order valence-corrected chi connectivity index (χ3v) is 4.73. The van der Waals surface area contributed by atoms with E-state index in [1.54, 1.807) is 7.11 Å². The number of benzene rings is 2. The first kappa shape index (κ1) is 19.7. The lowest BCUT2D eigenvalue weighted by molar-refractivity contribution is -0.0736. The van der Waals surface area contributed by atoms with Gasteiger partial charge in [-0.1, -0.05) is 25.1 Å². The van der Waals surface area contributed by atoms with Gasteiger partial charge in [-0.15, -0.1) is 0 Å². The van der Waals surface area contributed by atoms with Gasteiger partial charge in [-0.3, -0.25) is 0 Å². The zero-order chi connectivity index (χ0) is 19.4. The summed E-state index contributed by atoms with van der Waals surface area (Å²) in [4.78, 5) is 0. The van der Waals surface area contributed by atoms with Gasteiger partial charge in [0, 0.05) is 18.2 Å². The molecule has 0 bridgehead atoms. The van der Waals surface area contributed by atoms with Crippen molar-refractivity contribution in [2.24, 2.45) is 0 Å². The molecule has 6 heteroatoms. The third-order valence-electron chi connectivity index (χ3n) is 4.73. The highest BCUT2D eigenvalue weighted by Gasteiger charge is 2.27. The zero-order valence-electron chi connectivity index (χ0n) is 15.4. The molecule has 2 aromatic carbocycles. The van der Waals surface area contributed by atoms with Crippen molar-refractivity contribution in [3.05, 3.63) is 53.3 Å². The standard InChI is InChI=1S/C21H23F3O3/c1-3-10-26-19-8-4-13(11-17(19)22)15-6-7-16(21(24)20(15)23)18-9-5-14(25-2)12-27-18/h4,6-8,11,14,18H,3,5,9-10,12H2,1-2H3. The lowest BCUT2D eigenvalue weighted by Crippen LogP contribution is -2.27. The second-order valence-corrected chi connectivity index (χ2v) is 6.58. The number of rotatable bonds is 6. The minimum absolute atomic E-state index is 0.00256. The monoisotopic (exact) mass is 380 g/mol. The van der Waals surface area contributed by atoms with Crippen molar-refractivity contribution >= 4 is 0 Å². The van der Waals surface area contributed by atoms with E-state index in [1.807, 2.05) is 6.92 Å².